The molecule has 0 aliphatic carbocycles. The molecule has 3 rings (SSSR count). The Morgan fingerprint density at radius 1 is 1.39 bits per heavy atom. The molecular weight excluding hydrogens is 232 g/mol. The van der Waals surface area contributed by atoms with Crippen LogP contribution in [0.15, 0.2) is 31.0 Å². The third kappa shape index (κ3) is 1.84. The molecule has 0 aliphatic rings. The largest absolute Gasteiger partial charge is 0.388 e. The first kappa shape index (κ1) is 10.8. The van der Waals surface area contributed by atoms with E-state index in [1.807, 2.05) is 0 Å². The van der Waals surface area contributed by atoms with E-state index in [4.69, 9.17) is 0 Å². The molecule has 0 saturated carbocycles. The van der Waals surface area contributed by atoms with E-state index in [0.717, 1.165) is 16.8 Å². The zero-order valence-electron chi connectivity index (χ0n) is 9.80. The monoisotopic (exact) mass is 244 g/mol. The first-order valence-corrected chi connectivity index (χ1v) is 5.54. The SMILES string of the molecule is Cn1cc(CC(O)c2cnn3ccncc23)nn1. The van der Waals surface area contributed by atoms with Crippen molar-refractivity contribution in [3.8, 4) is 0 Å². The molecule has 3 aromatic rings. The molecule has 92 valence electrons. The van der Waals surface area contributed by atoms with Crippen molar-refractivity contribution in [2.45, 2.75) is 12.5 Å². The summed E-state index contributed by atoms with van der Waals surface area (Å²) in [6.45, 7) is 0. The average molecular weight is 244 g/mol. The highest BCUT2D eigenvalue weighted by molar-refractivity contribution is 5.52. The molecule has 7 nitrogen and oxygen atoms in total. The Labute approximate surface area is 103 Å². The summed E-state index contributed by atoms with van der Waals surface area (Å²) in [5.74, 6) is 0. The first-order valence-electron chi connectivity index (χ1n) is 5.54. The molecule has 0 spiro atoms. The van der Waals surface area contributed by atoms with Gasteiger partial charge in [-0.05, 0) is 0 Å². The van der Waals surface area contributed by atoms with Crippen LogP contribution in [0.2, 0.25) is 0 Å². The Kier molecular flexibility index (Phi) is 2.52. The smallest absolute Gasteiger partial charge is 0.0903 e. The normalized spacial score (nSPS) is 13.0. The Balaban J connectivity index is 1.90. The molecule has 0 bridgehead atoms. The van der Waals surface area contributed by atoms with Crippen LogP contribution in [0.4, 0.5) is 0 Å². The summed E-state index contributed by atoms with van der Waals surface area (Å²) < 4.78 is 3.29. The number of aliphatic hydroxyl groups is 1. The fraction of sp³-hybridized carbons (Fsp3) is 0.273. The van der Waals surface area contributed by atoms with E-state index in [1.165, 1.54) is 0 Å². The van der Waals surface area contributed by atoms with Crippen LogP contribution in [0, 0.1) is 0 Å². The van der Waals surface area contributed by atoms with Crippen molar-refractivity contribution in [1.29, 1.82) is 0 Å². The van der Waals surface area contributed by atoms with Gasteiger partial charge < -0.3 is 5.11 Å². The van der Waals surface area contributed by atoms with Gasteiger partial charge in [0.25, 0.3) is 0 Å². The summed E-state index contributed by atoms with van der Waals surface area (Å²) in [5, 5.41) is 22.2. The predicted molar refractivity (Wildman–Crippen MR) is 62.7 cm³/mol. The fourth-order valence-electron chi connectivity index (χ4n) is 1.91. The first-order chi connectivity index (χ1) is 8.74. The standard InChI is InChI=1S/C11H12N6O/c1-16-7-8(14-15-16)4-11(18)9-5-13-17-3-2-12-6-10(9)17/h2-3,5-7,11,18H,4H2,1H3. The van der Waals surface area contributed by atoms with Crippen LogP contribution in [0.25, 0.3) is 5.52 Å². The van der Waals surface area contributed by atoms with Gasteiger partial charge in [-0.25, -0.2) is 4.52 Å². The number of fused-ring (bicyclic) bond motifs is 1. The molecule has 0 aliphatic heterocycles. The van der Waals surface area contributed by atoms with Crippen molar-refractivity contribution in [1.82, 2.24) is 29.6 Å². The van der Waals surface area contributed by atoms with Gasteiger partial charge in [0, 0.05) is 37.6 Å². The van der Waals surface area contributed by atoms with Gasteiger partial charge in [0.05, 0.1) is 29.7 Å². The minimum Gasteiger partial charge on any atom is -0.388 e. The van der Waals surface area contributed by atoms with Crippen molar-refractivity contribution in [2.24, 2.45) is 7.05 Å². The Bertz CT molecular complexity index is 673. The fourth-order valence-corrected chi connectivity index (χ4v) is 1.91. The molecule has 1 N–H and O–H groups in total. The Hall–Kier alpha value is -2.28. The van der Waals surface area contributed by atoms with Gasteiger partial charge in [-0.15, -0.1) is 5.10 Å². The van der Waals surface area contributed by atoms with E-state index in [2.05, 4.69) is 20.4 Å². The van der Waals surface area contributed by atoms with Gasteiger partial charge in [-0.1, -0.05) is 5.21 Å². The lowest BCUT2D eigenvalue weighted by Crippen LogP contribution is -2.02. The number of aryl methyl sites for hydroxylation is 1. The number of hydrogen-bond donors (Lipinski definition) is 1. The maximum atomic E-state index is 10.2. The molecule has 1 atom stereocenters. The van der Waals surface area contributed by atoms with Crippen LogP contribution in [0.3, 0.4) is 0 Å². The van der Waals surface area contributed by atoms with Gasteiger partial charge in [0.15, 0.2) is 0 Å². The second kappa shape index (κ2) is 4.19. The summed E-state index contributed by atoms with van der Waals surface area (Å²) in [6, 6.07) is 0. The van der Waals surface area contributed by atoms with E-state index in [1.54, 1.807) is 47.2 Å². The van der Waals surface area contributed by atoms with Crippen molar-refractivity contribution in [3.05, 3.63) is 42.2 Å². The lowest BCUT2D eigenvalue weighted by atomic mass is 10.1. The molecule has 3 aromatic heterocycles. The molecule has 0 aromatic carbocycles. The van der Waals surface area contributed by atoms with Crippen LogP contribution >= 0.6 is 0 Å². The zero-order chi connectivity index (χ0) is 12.5. The number of hydrogen-bond acceptors (Lipinski definition) is 5. The molecule has 0 amide bonds. The molecular formula is C11H12N6O. The topological polar surface area (TPSA) is 81.1 Å². The summed E-state index contributed by atoms with van der Waals surface area (Å²) >= 11 is 0. The maximum Gasteiger partial charge on any atom is 0.0903 e. The number of aromatic nitrogens is 6. The highest BCUT2D eigenvalue weighted by Crippen LogP contribution is 2.21. The average Bonchev–Trinajstić information content (AvgIpc) is 2.95. The highest BCUT2D eigenvalue weighted by atomic mass is 16.3. The number of nitrogens with zero attached hydrogens (tertiary/aromatic N) is 6. The molecule has 0 saturated heterocycles. The van der Waals surface area contributed by atoms with Crippen LogP contribution in [-0.4, -0.2) is 34.7 Å². The van der Waals surface area contributed by atoms with E-state index in [-0.39, 0.29) is 0 Å². The zero-order valence-corrected chi connectivity index (χ0v) is 9.80. The second-order valence-electron chi connectivity index (χ2n) is 4.11. The molecule has 0 radical (unpaired) electrons. The van der Waals surface area contributed by atoms with Crippen LogP contribution < -0.4 is 0 Å². The lowest BCUT2D eigenvalue weighted by Gasteiger charge is -2.06. The number of rotatable bonds is 3. The van der Waals surface area contributed by atoms with E-state index in [9.17, 15) is 5.11 Å². The Morgan fingerprint density at radius 3 is 3.06 bits per heavy atom. The predicted octanol–water partition coefficient (Wildman–Crippen LogP) is 0.134. The maximum absolute atomic E-state index is 10.2. The van der Waals surface area contributed by atoms with Crippen LogP contribution in [-0.2, 0) is 13.5 Å². The lowest BCUT2D eigenvalue weighted by molar-refractivity contribution is 0.178. The van der Waals surface area contributed by atoms with Gasteiger partial charge >= 0.3 is 0 Å². The van der Waals surface area contributed by atoms with Gasteiger partial charge in [0.2, 0.25) is 0 Å². The van der Waals surface area contributed by atoms with Gasteiger partial charge in [-0.3, -0.25) is 9.67 Å². The molecule has 3 heterocycles. The summed E-state index contributed by atoms with van der Waals surface area (Å²) in [6.07, 6.45) is 8.26. The highest BCUT2D eigenvalue weighted by Gasteiger charge is 2.15. The molecule has 7 heteroatoms. The quantitative estimate of drug-likeness (QED) is 0.708. The number of aliphatic hydroxyl groups excluding tert-OH is 1. The van der Waals surface area contributed by atoms with Crippen molar-refractivity contribution in [2.75, 3.05) is 0 Å². The molecule has 18 heavy (non-hydrogen) atoms. The third-order valence-corrected chi connectivity index (χ3v) is 2.77. The minimum absolute atomic E-state index is 0.407. The van der Waals surface area contributed by atoms with Crippen molar-refractivity contribution < 1.29 is 5.11 Å². The van der Waals surface area contributed by atoms with E-state index < -0.39 is 6.10 Å². The van der Waals surface area contributed by atoms with Gasteiger partial charge in [-0.2, -0.15) is 5.10 Å². The van der Waals surface area contributed by atoms with Crippen LogP contribution in [0.1, 0.15) is 17.4 Å². The van der Waals surface area contributed by atoms with E-state index in [0.29, 0.717) is 6.42 Å². The van der Waals surface area contributed by atoms with Crippen LogP contribution in [0.5, 0.6) is 0 Å². The summed E-state index contributed by atoms with van der Waals surface area (Å²) in [4.78, 5) is 4.04. The summed E-state index contributed by atoms with van der Waals surface area (Å²) in [7, 11) is 1.79. The van der Waals surface area contributed by atoms with Crippen molar-refractivity contribution >= 4 is 5.52 Å². The third-order valence-electron chi connectivity index (χ3n) is 2.77. The van der Waals surface area contributed by atoms with Crippen molar-refractivity contribution in [3.63, 3.8) is 0 Å². The molecule has 0 fully saturated rings. The van der Waals surface area contributed by atoms with Gasteiger partial charge in [0.1, 0.15) is 0 Å². The van der Waals surface area contributed by atoms with E-state index >= 15 is 0 Å². The second-order valence-corrected chi connectivity index (χ2v) is 4.11. The Morgan fingerprint density at radius 2 is 2.28 bits per heavy atom. The molecule has 1 unspecified atom stereocenters. The summed E-state index contributed by atoms with van der Waals surface area (Å²) in [5.41, 5.74) is 2.29. The minimum atomic E-state index is -0.664.